The Bertz CT molecular complexity index is 981. The molecule has 2 aliphatic heterocycles. The molecule has 2 N–H and O–H groups in total. The van der Waals surface area contributed by atoms with Crippen molar-refractivity contribution < 1.29 is 23.8 Å². The van der Waals surface area contributed by atoms with Crippen LogP contribution in [0.25, 0.3) is 0 Å². The summed E-state index contributed by atoms with van der Waals surface area (Å²) in [4.78, 5) is 31.3. The van der Waals surface area contributed by atoms with Gasteiger partial charge in [0.2, 0.25) is 0 Å². The Kier molecular flexibility index (Phi) is 8.91. The highest BCUT2D eigenvalue weighted by molar-refractivity contribution is 5.81. The van der Waals surface area contributed by atoms with Crippen LogP contribution >= 0.6 is 0 Å². The number of ether oxygens (including phenoxy) is 3. The van der Waals surface area contributed by atoms with Crippen molar-refractivity contribution in [3.8, 4) is 0 Å². The van der Waals surface area contributed by atoms with Crippen LogP contribution in [0.1, 0.15) is 29.7 Å². The summed E-state index contributed by atoms with van der Waals surface area (Å²) < 4.78 is 15.8. The number of carbonyl (C=O) groups is 2. The summed E-state index contributed by atoms with van der Waals surface area (Å²) in [6.07, 6.45) is 3.58. The van der Waals surface area contributed by atoms with E-state index in [0.717, 1.165) is 62.5 Å². The van der Waals surface area contributed by atoms with Gasteiger partial charge in [-0.15, -0.1) is 0 Å². The van der Waals surface area contributed by atoms with Crippen LogP contribution in [-0.2, 0) is 38.5 Å². The Labute approximate surface area is 206 Å². The van der Waals surface area contributed by atoms with Crippen LogP contribution in [0, 0.1) is 0 Å². The van der Waals surface area contributed by atoms with Gasteiger partial charge in [-0.1, -0.05) is 36.4 Å². The molecule has 1 aromatic carbocycles. The number of fused-ring (bicyclic) bond motifs is 1. The first-order valence-electron chi connectivity index (χ1n) is 12.2. The van der Waals surface area contributed by atoms with Gasteiger partial charge in [-0.2, -0.15) is 0 Å². The largest absolute Gasteiger partial charge is 0.467 e. The Hall–Kier alpha value is -3.17. The van der Waals surface area contributed by atoms with Crippen LogP contribution in [-0.4, -0.2) is 74.0 Å². The van der Waals surface area contributed by atoms with E-state index in [1.807, 2.05) is 30.3 Å². The molecule has 0 spiro atoms. The minimum Gasteiger partial charge on any atom is -0.467 e. The molecule has 1 amide bonds. The molecule has 1 atom stereocenters. The van der Waals surface area contributed by atoms with Crippen LogP contribution in [0.4, 0.5) is 10.6 Å². The number of hydrogen-bond acceptors (Lipinski definition) is 8. The smallest absolute Gasteiger partial charge is 0.408 e. The lowest BCUT2D eigenvalue weighted by Crippen LogP contribution is -2.54. The average Bonchev–Trinajstić information content (AvgIpc) is 2.87. The van der Waals surface area contributed by atoms with Crippen LogP contribution in [0.3, 0.4) is 0 Å². The number of aryl methyl sites for hydroxylation is 2. The zero-order chi connectivity index (χ0) is 24.5. The molecule has 4 rings (SSSR count). The number of carbonyl (C=O) groups excluding carboxylic acids is 2. The highest BCUT2D eigenvalue weighted by atomic mass is 16.6. The van der Waals surface area contributed by atoms with Gasteiger partial charge in [0.25, 0.3) is 0 Å². The van der Waals surface area contributed by atoms with Gasteiger partial charge >= 0.3 is 12.1 Å². The summed E-state index contributed by atoms with van der Waals surface area (Å²) in [6, 6.07) is 12.8. The number of pyridine rings is 1. The Balaban J connectivity index is 1.12. The second-order valence-electron chi connectivity index (χ2n) is 8.94. The number of hydrogen-bond donors (Lipinski definition) is 2. The summed E-state index contributed by atoms with van der Waals surface area (Å²) in [5.74, 6) is 0.480. The minimum atomic E-state index is -0.916. The molecule has 0 unspecified atom stereocenters. The molecule has 0 saturated carbocycles. The first kappa shape index (κ1) is 24.9. The van der Waals surface area contributed by atoms with E-state index in [4.69, 9.17) is 19.2 Å². The number of nitrogens with one attached hydrogen (secondary N) is 2. The molecule has 188 valence electrons. The standard InChI is InChI=1S/C26H34N4O5/c1-33-25(31)23(29-26(32)35-17-19-7-3-2-4-8-19)18-34-22-15-30(16-22)14-6-10-21-12-11-20-9-5-13-27-24(20)28-21/h2-4,7-8,11-12,22-23H,5-6,9-10,13-18H2,1H3,(H,27,28)(H,29,32)/t23-/m0/s1. The van der Waals surface area contributed by atoms with Crippen molar-refractivity contribution in [2.75, 3.05) is 45.2 Å². The number of amides is 1. The maximum absolute atomic E-state index is 12.1. The number of alkyl carbamates (subject to hydrolysis) is 1. The predicted molar refractivity (Wildman–Crippen MR) is 131 cm³/mol. The zero-order valence-electron chi connectivity index (χ0n) is 20.2. The molecule has 35 heavy (non-hydrogen) atoms. The summed E-state index contributed by atoms with van der Waals surface area (Å²) in [5.41, 5.74) is 3.30. The second kappa shape index (κ2) is 12.5. The molecule has 3 heterocycles. The van der Waals surface area contributed by atoms with E-state index in [0.29, 0.717) is 0 Å². The number of benzene rings is 1. The van der Waals surface area contributed by atoms with E-state index in [9.17, 15) is 9.59 Å². The maximum Gasteiger partial charge on any atom is 0.408 e. The SMILES string of the molecule is COC(=O)[C@H](COC1CN(CCCc2ccc3c(n2)NCCC3)C1)NC(=O)OCc1ccccc1. The molecule has 2 aliphatic rings. The molecular formula is C26H34N4O5. The van der Waals surface area contributed by atoms with Gasteiger partial charge in [0.15, 0.2) is 6.04 Å². The third kappa shape index (κ3) is 7.40. The first-order chi connectivity index (χ1) is 17.1. The number of esters is 1. The van der Waals surface area contributed by atoms with Crippen molar-refractivity contribution in [2.24, 2.45) is 0 Å². The van der Waals surface area contributed by atoms with Gasteiger partial charge in [0.05, 0.1) is 19.8 Å². The molecule has 1 aromatic heterocycles. The van der Waals surface area contributed by atoms with E-state index in [-0.39, 0.29) is 19.3 Å². The minimum absolute atomic E-state index is 0.0235. The normalized spacial score (nSPS) is 16.4. The average molecular weight is 483 g/mol. The zero-order valence-corrected chi connectivity index (χ0v) is 20.2. The van der Waals surface area contributed by atoms with E-state index in [1.54, 1.807) is 0 Å². The van der Waals surface area contributed by atoms with Crippen LogP contribution in [0.15, 0.2) is 42.5 Å². The van der Waals surface area contributed by atoms with Crippen molar-refractivity contribution in [3.05, 3.63) is 59.3 Å². The summed E-state index contributed by atoms with van der Waals surface area (Å²) in [6.45, 7) is 3.72. The van der Waals surface area contributed by atoms with Crippen LogP contribution in [0.2, 0.25) is 0 Å². The molecule has 2 aromatic rings. The molecule has 1 fully saturated rings. The summed E-state index contributed by atoms with van der Waals surface area (Å²) in [7, 11) is 1.28. The number of anilines is 1. The van der Waals surface area contributed by atoms with E-state index in [2.05, 4.69) is 27.7 Å². The number of nitrogens with zero attached hydrogens (tertiary/aromatic N) is 2. The van der Waals surface area contributed by atoms with E-state index >= 15 is 0 Å². The lowest BCUT2D eigenvalue weighted by atomic mass is 10.1. The lowest BCUT2D eigenvalue weighted by Gasteiger charge is -2.39. The van der Waals surface area contributed by atoms with Gasteiger partial charge in [0.1, 0.15) is 12.4 Å². The summed E-state index contributed by atoms with van der Waals surface area (Å²) in [5, 5.41) is 5.93. The van der Waals surface area contributed by atoms with Gasteiger partial charge < -0.3 is 24.8 Å². The fraction of sp³-hybridized carbons (Fsp3) is 0.500. The molecule has 0 bridgehead atoms. The molecule has 9 heteroatoms. The van der Waals surface area contributed by atoms with Crippen molar-refractivity contribution >= 4 is 17.9 Å². The fourth-order valence-electron chi connectivity index (χ4n) is 4.25. The van der Waals surface area contributed by atoms with Crippen LogP contribution < -0.4 is 10.6 Å². The Morgan fingerprint density at radius 1 is 1.20 bits per heavy atom. The molecule has 9 nitrogen and oxygen atoms in total. The molecule has 0 aliphatic carbocycles. The molecule has 0 radical (unpaired) electrons. The molecular weight excluding hydrogens is 448 g/mol. The quantitative estimate of drug-likeness (QED) is 0.471. The van der Waals surface area contributed by atoms with E-state index in [1.165, 1.54) is 19.1 Å². The first-order valence-corrected chi connectivity index (χ1v) is 12.2. The molecule has 1 saturated heterocycles. The van der Waals surface area contributed by atoms with Gasteiger partial charge in [-0.05, 0) is 49.4 Å². The van der Waals surface area contributed by atoms with Crippen molar-refractivity contribution in [1.29, 1.82) is 0 Å². The van der Waals surface area contributed by atoms with Crippen molar-refractivity contribution in [2.45, 2.75) is 44.4 Å². The van der Waals surface area contributed by atoms with Crippen molar-refractivity contribution in [1.82, 2.24) is 15.2 Å². The highest BCUT2D eigenvalue weighted by Crippen LogP contribution is 2.20. The fourth-order valence-corrected chi connectivity index (χ4v) is 4.25. The predicted octanol–water partition coefficient (Wildman–Crippen LogP) is 2.54. The maximum atomic E-state index is 12.1. The second-order valence-corrected chi connectivity index (χ2v) is 8.94. The number of likely N-dealkylation sites (tertiary alicyclic amines) is 1. The van der Waals surface area contributed by atoms with Gasteiger partial charge in [0, 0.05) is 25.3 Å². The third-order valence-corrected chi connectivity index (χ3v) is 6.27. The number of rotatable bonds is 11. The van der Waals surface area contributed by atoms with E-state index < -0.39 is 18.1 Å². The number of aromatic nitrogens is 1. The Morgan fingerprint density at radius 2 is 2.03 bits per heavy atom. The Morgan fingerprint density at radius 3 is 2.83 bits per heavy atom. The number of methoxy groups -OCH3 is 1. The lowest BCUT2D eigenvalue weighted by molar-refractivity contribution is -0.146. The summed E-state index contributed by atoms with van der Waals surface area (Å²) >= 11 is 0. The van der Waals surface area contributed by atoms with Gasteiger partial charge in [-0.25, -0.2) is 14.6 Å². The third-order valence-electron chi connectivity index (χ3n) is 6.27. The monoisotopic (exact) mass is 482 g/mol. The van der Waals surface area contributed by atoms with Crippen LogP contribution in [0.5, 0.6) is 0 Å². The highest BCUT2D eigenvalue weighted by Gasteiger charge is 2.30. The van der Waals surface area contributed by atoms with Crippen molar-refractivity contribution in [3.63, 3.8) is 0 Å². The topological polar surface area (TPSA) is 102 Å². The van der Waals surface area contributed by atoms with Gasteiger partial charge in [-0.3, -0.25) is 4.90 Å².